The fourth-order valence-corrected chi connectivity index (χ4v) is 1.63. The van der Waals surface area contributed by atoms with Crippen molar-refractivity contribution in [1.29, 1.82) is 0 Å². The van der Waals surface area contributed by atoms with Crippen molar-refractivity contribution in [2.75, 3.05) is 0 Å². The van der Waals surface area contributed by atoms with Crippen molar-refractivity contribution >= 4 is 0 Å². The highest BCUT2D eigenvalue weighted by Crippen LogP contribution is 2.21. The van der Waals surface area contributed by atoms with Crippen molar-refractivity contribution in [1.82, 2.24) is 5.32 Å². The molecule has 0 saturated carbocycles. The van der Waals surface area contributed by atoms with Crippen molar-refractivity contribution in [3.63, 3.8) is 0 Å². The van der Waals surface area contributed by atoms with Gasteiger partial charge in [0.25, 0.3) is 0 Å². The Morgan fingerprint density at radius 1 is 1.19 bits per heavy atom. The Bertz CT molecular complexity index is 363. The second-order valence-electron chi connectivity index (χ2n) is 4.32. The maximum Gasteiger partial charge on any atom is 0.128 e. The van der Waals surface area contributed by atoms with Crippen LogP contribution in [0, 0.1) is 18.6 Å². The van der Waals surface area contributed by atoms with Crippen LogP contribution < -0.4 is 5.32 Å². The molecule has 1 aromatic rings. The van der Waals surface area contributed by atoms with Gasteiger partial charge >= 0.3 is 0 Å². The van der Waals surface area contributed by atoms with E-state index in [0.29, 0.717) is 17.2 Å². The molecule has 1 aromatic carbocycles. The Kier molecular flexibility index (Phi) is 4.42. The van der Waals surface area contributed by atoms with Crippen LogP contribution >= 0.6 is 0 Å². The minimum Gasteiger partial charge on any atom is -0.308 e. The highest BCUT2D eigenvalue weighted by molar-refractivity contribution is 5.27. The van der Waals surface area contributed by atoms with Crippen LogP contribution in [-0.2, 0) is 0 Å². The topological polar surface area (TPSA) is 12.0 Å². The number of benzene rings is 1. The zero-order valence-electron chi connectivity index (χ0n) is 10.3. The Labute approximate surface area is 95.9 Å². The van der Waals surface area contributed by atoms with Crippen LogP contribution in [-0.4, -0.2) is 6.04 Å². The summed E-state index contributed by atoms with van der Waals surface area (Å²) in [6.07, 6.45) is 0.959. The molecule has 0 bridgehead atoms. The Balaban J connectivity index is 2.91. The minimum absolute atomic E-state index is 0.176. The van der Waals surface area contributed by atoms with Crippen LogP contribution in [0.1, 0.15) is 44.4 Å². The normalized spacial score (nSPS) is 14.9. The highest BCUT2D eigenvalue weighted by Gasteiger charge is 2.14. The van der Waals surface area contributed by atoms with E-state index in [1.807, 2.05) is 13.8 Å². The lowest BCUT2D eigenvalue weighted by Crippen LogP contribution is -2.28. The van der Waals surface area contributed by atoms with Gasteiger partial charge in [-0.05, 0) is 44.9 Å². The maximum absolute atomic E-state index is 13.6. The molecular weight excluding hydrogens is 208 g/mol. The van der Waals surface area contributed by atoms with E-state index in [0.717, 1.165) is 6.42 Å². The third-order valence-corrected chi connectivity index (χ3v) is 2.89. The van der Waals surface area contributed by atoms with Crippen LogP contribution in [0.5, 0.6) is 0 Å². The van der Waals surface area contributed by atoms with Crippen LogP contribution in [0.3, 0.4) is 0 Å². The first-order chi connectivity index (χ1) is 7.45. The van der Waals surface area contributed by atoms with Gasteiger partial charge in [0.1, 0.15) is 11.6 Å². The summed E-state index contributed by atoms with van der Waals surface area (Å²) >= 11 is 0. The second-order valence-corrected chi connectivity index (χ2v) is 4.32. The Morgan fingerprint density at radius 2 is 1.81 bits per heavy atom. The van der Waals surface area contributed by atoms with E-state index >= 15 is 0 Å². The zero-order valence-corrected chi connectivity index (χ0v) is 10.3. The molecule has 0 radical (unpaired) electrons. The lowest BCUT2D eigenvalue weighted by atomic mass is 10.0. The molecule has 1 nitrogen and oxygen atoms in total. The molecule has 0 fully saturated rings. The maximum atomic E-state index is 13.6. The van der Waals surface area contributed by atoms with Gasteiger partial charge in [-0.15, -0.1) is 0 Å². The predicted octanol–water partition coefficient (Wildman–Crippen LogP) is 3.72. The summed E-state index contributed by atoms with van der Waals surface area (Å²) in [5.41, 5.74) is 0.736. The number of aryl methyl sites for hydroxylation is 1. The molecule has 0 heterocycles. The number of nitrogens with one attached hydrogen (secondary N) is 1. The molecule has 0 aliphatic rings. The van der Waals surface area contributed by atoms with E-state index in [1.165, 1.54) is 12.1 Å². The molecule has 2 unspecified atom stereocenters. The number of rotatable bonds is 4. The first-order valence-electron chi connectivity index (χ1n) is 5.67. The third kappa shape index (κ3) is 3.01. The lowest BCUT2D eigenvalue weighted by Gasteiger charge is -2.20. The van der Waals surface area contributed by atoms with Crippen molar-refractivity contribution < 1.29 is 8.78 Å². The molecule has 1 rings (SSSR count). The molecule has 0 amide bonds. The molecule has 0 aliphatic heterocycles. The monoisotopic (exact) mass is 227 g/mol. The summed E-state index contributed by atoms with van der Waals surface area (Å²) in [4.78, 5) is 0. The van der Waals surface area contributed by atoms with Gasteiger partial charge in [0.15, 0.2) is 0 Å². The quantitative estimate of drug-likeness (QED) is 0.826. The molecule has 0 spiro atoms. The number of halogens is 2. The molecule has 90 valence electrons. The van der Waals surface area contributed by atoms with Crippen LogP contribution in [0.2, 0.25) is 0 Å². The summed E-state index contributed by atoms with van der Waals surface area (Å²) < 4.78 is 27.0. The fourth-order valence-electron chi connectivity index (χ4n) is 1.63. The molecule has 3 heteroatoms. The van der Waals surface area contributed by atoms with E-state index in [9.17, 15) is 8.78 Å². The average molecular weight is 227 g/mol. The Morgan fingerprint density at radius 3 is 2.38 bits per heavy atom. The fraction of sp³-hybridized carbons (Fsp3) is 0.538. The van der Waals surface area contributed by atoms with E-state index in [4.69, 9.17) is 0 Å². The van der Waals surface area contributed by atoms with Crippen molar-refractivity contribution in [3.05, 3.63) is 34.9 Å². The largest absolute Gasteiger partial charge is 0.308 e. The van der Waals surface area contributed by atoms with Gasteiger partial charge in [-0.3, -0.25) is 0 Å². The number of hydrogen-bond acceptors (Lipinski definition) is 1. The molecule has 2 atom stereocenters. The summed E-state index contributed by atoms with van der Waals surface area (Å²) in [5, 5.41) is 3.23. The summed E-state index contributed by atoms with van der Waals surface area (Å²) in [5.74, 6) is -0.698. The first-order valence-corrected chi connectivity index (χ1v) is 5.67. The van der Waals surface area contributed by atoms with Gasteiger partial charge in [-0.25, -0.2) is 8.78 Å². The molecule has 1 N–H and O–H groups in total. The smallest absolute Gasteiger partial charge is 0.128 e. The summed E-state index contributed by atoms with van der Waals surface area (Å²) in [6.45, 7) is 7.49. The minimum atomic E-state index is -0.353. The van der Waals surface area contributed by atoms with E-state index in [-0.39, 0.29) is 17.7 Å². The Hall–Kier alpha value is -0.960. The van der Waals surface area contributed by atoms with Gasteiger partial charge < -0.3 is 5.32 Å². The third-order valence-electron chi connectivity index (χ3n) is 2.89. The molecule has 0 aromatic heterocycles. The zero-order chi connectivity index (χ0) is 12.3. The lowest BCUT2D eigenvalue weighted by molar-refractivity contribution is 0.450. The predicted molar refractivity (Wildman–Crippen MR) is 62.4 cm³/mol. The van der Waals surface area contributed by atoms with Crippen molar-refractivity contribution in [2.24, 2.45) is 0 Å². The summed E-state index contributed by atoms with van der Waals surface area (Å²) in [7, 11) is 0. The molecule has 0 saturated heterocycles. The first kappa shape index (κ1) is 13.1. The van der Waals surface area contributed by atoms with Crippen LogP contribution in [0.25, 0.3) is 0 Å². The van der Waals surface area contributed by atoms with Gasteiger partial charge in [-0.2, -0.15) is 0 Å². The second kappa shape index (κ2) is 5.39. The van der Waals surface area contributed by atoms with Crippen molar-refractivity contribution in [2.45, 2.75) is 46.2 Å². The SMILES string of the molecule is CCC(C)NC(C)c1cc(F)c(C)cc1F. The van der Waals surface area contributed by atoms with E-state index in [1.54, 1.807) is 6.92 Å². The van der Waals surface area contributed by atoms with Crippen LogP contribution in [0.4, 0.5) is 8.78 Å². The average Bonchev–Trinajstić information content (AvgIpc) is 2.23. The van der Waals surface area contributed by atoms with Gasteiger partial charge in [0.05, 0.1) is 0 Å². The molecule has 16 heavy (non-hydrogen) atoms. The standard InChI is InChI=1S/C13H19F2N/c1-5-9(3)16-10(4)11-7-12(14)8(2)6-13(11)15/h6-7,9-10,16H,5H2,1-4H3. The van der Waals surface area contributed by atoms with Gasteiger partial charge in [0, 0.05) is 17.6 Å². The number of hydrogen-bond donors (Lipinski definition) is 1. The van der Waals surface area contributed by atoms with Gasteiger partial charge in [0.2, 0.25) is 0 Å². The van der Waals surface area contributed by atoms with Crippen molar-refractivity contribution in [3.8, 4) is 0 Å². The highest BCUT2D eigenvalue weighted by atomic mass is 19.1. The molecular formula is C13H19F2N. The summed E-state index contributed by atoms with van der Waals surface area (Å²) in [6, 6.07) is 2.65. The van der Waals surface area contributed by atoms with Gasteiger partial charge in [-0.1, -0.05) is 6.92 Å². The van der Waals surface area contributed by atoms with E-state index < -0.39 is 0 Å². The van der Waals surface area contributed by atoms with Crippen LogP contribution in [0.15, 0.2) is 12.1 Å². The molecule has 0 aliphatic carbocycles. The van der Waals surface area contributed by atoms with E-state index in [2.05, 4.69) is 12.2 Å².